The Balaban J connectivity index is 1.65. The van der Waals surface area contributed by atoms with Gasteiger partial charge in [0.2, 0.25) is 0 Å². The second kappa shape index (κ2) is 4.99. The number of nitrogens with one attached hydrogen (secondary N) is 2. The highest BCUT2D eigenvalue weighted by Crippen LogP contribution is 2.26. The highest BCUT2D eigenvalue weighted by molar-refractivity contribution is 5.93. The van der Waals surface area contributed by atoms with Gasteiger partial charge in [-0.3, -0.25) is 9.97 Å². The zero-order valence-electron chi connectivity index (χ0n) is 12.6. The summed E-state index contributed by atoms with van der Waals surface area (Å²) in [7, 11) is 0. The molecule has 0 radical (unpaired) electrons. The molecule has 1 aromatic carbocycles. The van der Waals surface area contributed by atoms with Crippen LogP contribution in [0.4, 0.5) is 0 Å². The topological polar surface area (TPSA) is 83.1 Å². The second-order valence-electron chi connectivity index (χ2n) is 5.53. The van der Waals surface area contributed by atoms with Gasteiger partial charge in [-0.25, -0.2) is 9.97 Å². The molecule has 6 nitrogen and oxygen atoms in total. The summed E-state index contributed by atoms with van der Waals surface area (Å²) < 4.78 is 0. The van der Waals surface area contributed by atoms with Crippen molar-refractivity contribution >= 4 is 22.1 Å². The standard InChI is InChI=1S/C18H12N6/c1-5-19-6-2-11(1)17-21-13-9-15-16(10-14(13)22-17)24-18(23-15)12-3-7-20-8-4-12/h1-10H,(H,21,22)(H,23,24). The fourth-order valence-electron chi connectivity index (χ4n) is 2.81. The third kappa shape index (κ3) is 2.04. The van der Waals surface area contributed by atoms with Crippen LogP contribution in [0.5, 0.6) is 0 Å². The average molecular weight is 312 g/mol. The molecular formula is C18H12N6. The first kappa shape index (κ1) is 13.0. The molecule has 0 atom stereocenters. The Morgan fingerprint density at radius 2 is 1.04 bits per heavy atom. The van der Waals surface area contributed by atoms with Crippen molar-refractivity contribution in [3.63, 3.8) is 0 Å². The summed E-state index contributed by atoms with van der Waals surface area (Å²) >= 11 is 0. The zero-order chi connectivity index (χ0) is 15.9. The van der Waals surface area contributed by atoms with Crippen molar-refractivity contribution < 1.29 is 0 Å². The first-order chi connectivity index (χ1) is 11.9. The van der Waals surface area contributed by atoms with E-state index in [0.29, 0.717) is 0 Å². The highest BCUT2D eigenvalue weighted by atomic mass is 15.0. The quantitative estimate of drug-likeness (QED) is 0.522. The maximum Gasteiger partial charge on any atom is 0.138 e. The van der Waals surface area contributed by atoms with Crippen molar-refractivity contribution in [1.82, 2.24) is 29.9 Å². The van der Waals surface area contributed by atoms with Gasteiger partial charge in [-0.15, -0.1) is 0 Å². The number of hydrogen-bond donors (Lipinski definition) is 2. The molecule has 0 fully saturated rings. The summed E-state index contributed by atoms with van der Waals surface area (Å²) in [5.74, 6) is 1.66. The first-order valence-electron chi connectivity index (χ1n) is 7.57. The Kier molecular flexibility index (Phi) is 2.69. The van der Waals surface area contributed by atoms with Gasteiger partial charge in [0.25, 0.3) is 0 Å². The normalized spacial score (nSPS) is 11.3. The number of aromatic amines is 2. The molecule has 0 saturated heterocycles. The summed E-state index contributed by atoms with van der Waals surface area (Å²) in [6, 6.07) is 11.8. The Morgan fingerprint density at radius 3 is 1.50 bits per heavy atom. The monoisotopic (exact) mass is 312 g/mol. The first-order valence-corrected chi connectivity index (χ1v) is 7.57. The van der Waals surface area contributed by atoms with Gasteiger partial charge in [0.15, 0.2) is 0 Å². The molecular weight excluding hydrogens is 300 g/mol. The molecule has 4 aromatic heterocycles. The van der Waals surface area contributed by atoms with E-state index in [1.807, 2.05) is 36.4 Å². The van der Waals surface area contributed by atoms with Crippen LogP contribution in [0.3, 0.4) is 0 Å². The highest BCUT2D eigenvalue weighted by Gasteiger charge is 2.10. The number of benzene rings is 1. The number of H-pyrrole nitrogens is 2. The van der Waals surface area contributed by atoms with Crippen molar-refractivity contribution in [2.75, 3.05) is 0 Å². The minimum Gasteiger partial charge on any atom is -0.338 e. The van der Waals surface area contributed by atoms with Crippen LogP contribution in [-0.2, 0) is 0 Å². The lowest BCUT2D eigenvalue weighted by Crippen LogP contribution is -1.80. The van der Waals surface area contributed by atoms with E-state index in [1.54, 1.807) is 24.8 Å². The van der Waals surface area contributed by atoms with Gasteiger partial charge in [0, 0.05) is 35.9 Å². The maximum atomic E-state index is 4.67. The number of hydrogen-bond acceptors (Lipinski definition) is 4. The molecule has 4 heterocycles. The number of fused-ring (bicyclic) bond motifs is 2. The Morgan fingerprint density at radius 1 is 0.583 bits per heavy atom. The largest absolute Gasteiger partial charge is 0.338 e. The summed E-state index contributed by atoms with van der Waals surface area (Å²) in [5.41, 5.74) is 5.74. The number of imidazole rings is 2. The lowest BCUT2D eigenvalue weighted by molar-refractivity contribution is 1.28. The number of nitrogens with zero attached hydrogens (tertiary/aromatic N) is 4. The molecule has 114 valence electrons. The number of aromatic nitrogens is 6. The fourth-order valence-corrected chi connectivity index (χ4v) is 2.81. The Labute approximate surface area is 136 Å². The van der Waals surface area contributed by atoms with E-state index in [9.17, 15) is 0 Å². The molecule has 24 heavy (non-hydrogen) atoms. The van der Waals surface area contributed by atoms with E-state index >= 15 is 0 Å². The van der Waals surface area contributed by atoms with E-state index in [1.165, 1.54) is 0 Å². The van der Waals surface area contributed by atoms with Gasteiger partial charge in [0.05, 0.1) is 22.1 Å². The van der Waals surface area contributed by atoms with Crippen LogP contribution < -0.4 is 0 Å². The maximum absolute atomic E-state index is 4.67. The van der Waals surface area contributed by atoms with Gasteiger partial charge in [0.1, 0.15) is 11.6 Å². The number of pyridine rings is 2. The van der Waals surface area contributed by atoms with Crippen LogP contribution in [0.1, 0.15) is 0 Å². The molecule has 0 amide bonds. The molecule has 6 heteroatoms. The van der Waals surface area contributed by atoms with Crippen LogP contribution in [0.2, 0.25) is 0 Å². The van der Waals surface area contributed by atoms with Gasteiger partial charge in [-0.1, -0.05) is 0 Å². The molecule has 2 N–H and O–H groups in total. The molecule has 0 aliphatic rings. The van der Waals surface area contributed by atoms with Crippen LogP contribution in [-0.4, -0.2) is 29.9 Å². The average Bonchev–Trinajstić information content (AvgIpc) is 3.24. The lowest BCUT2D eigenvalue weighted by atomic mass is 10.2. The van der Waals surface area contributed by atoms with Crippen LogP contribution >= 0.6 is 0 Å². The van der Waals surface area contributed by atoms with Crippen molar-refractivity contribution in [2.24, 2.45) is 0 Å². The van der Waals surface area contributed by atoms with E-state index in [0.717, 1.165) is 44.8 Å². The molecule has 0 saturated carbocycles. The molecule has 0 aliphatic carbocycles. The number of rotatable bonds is 2. The van der Waals surface area contributed by atoms with E-state index in [2.05, 4.69) is 29.9 Å². The molecule has 5 rings (SSSR count). The second-order valence-corrected chi connectivity index (χ2v) is 5.53. The summed E-state index contributed by atoms with van der Waals surface area (Å²) in [5, 5.41) is 0. The van der Waals surface area contributed by atoms with E-state index in [4.69, 9.17) is 0 Å². The zero-order valence-corrected chi connectivity index (χ0v) is 12.6. The van der Waals surface area contributed by atoms with Crippen LogP contribution in [0.15, 0.2) is 61.2 Å². The van der Waals surface area contributed by atoms with Crippen molar-refractivity contribution in [3.05, 3.63) is 61.2 Å². The van der Waals surface area contributed by atoms with Crippen molar-refractivity contribution in [2.45, 2.75) is 0 Å². The molecule has 0 aliphatic heterocycles. The van der Waals surface area contributed by atoms with Crippen LogP contribution in [0.25, 0.3) is 44.8 Å². The molecule has 0 bridgehead atoms. The SMILES string of the molecule is c1cc(-c2nc3cc4nc(-c5ccncc5)[nH]c4cc3[nH]2)ccn1. The Hall–Kier alpha value is -3.54. The predicted molar refractivity (Wildman–Crippen MR) is 92.2 cm³/mol. The third-order valence-electron chi connectivity index (χ3n) is 3.99. The van der Waals surface area contributed by atoms with Crippen LogP contribution in [0, 0.1) is 0 Å². The molecule has 5 aromatic rings. The smallest absolute Gasteiger partial charge is 0.138 e. The van der Waals surface area contributed by atoms with Gasteiger partial charge >= 0.3 is 0 Å². The third-order valence-corrected chi connectivity index (χ3v) is 3.99. The minimum absolute atomic E-state index is 0.828. The summed E-state index contributed by atoms with van der Waals surface area (Å²) in [4.78, 5) is 24.1. The lowest BCUT2D eigenvalue weighted by Gasteiger charge is -1.93. The van der Waals surface area contributed by atoms with Gasteiger partial charge < -0.3 is 9.97 Å². The van der Waals surface area contributed by atoms with Crippen molar-refractivity contribution in [1.29, 1.82) is 0 Å². The van der Waals surface area contributed by atoms with Crippen molar-refractivity contribution in [3.8, 4) is 22.8 Å². The Bertz CT molecular complexity index is 1000. The summed E-state index contributed by atoms with van der Waals surface area (Å²) in [6.07, 6.45) is 7.04. The molecule has 0 spiro atoms. The van der Waals surface area contributed by atoms with E-state index < -0.39 is 0 Å². The van der Waals surface area contributed by atoms with E-state index in [-0.39, 0.29) is 0 Å². The molecule has 0 unspecified atom stereocenters. The predicted octanol–water partition coefficient (Wildman–Crippen LogP) is 3.56. The minimum atomic E-state index is 0.828. The van der Waals surface area contributed by atoms with Gasteiger partial charge in [-0.2, -0.15) is 0 Å². The summed E-state index contributed by atoms with van der Waals surface area (Å²) in [6.45, 7) is 0. The fraction of sp³-hybridized carbons (Fsp3) is 0. The van der Waals surface area contributed by atoms with Gasteiger partial charge in [-0.05, 0) is 36.4 Å².